The molecule has 0 aliphatic heterocycles. The van der Waals surface area contributed by atoms with Crippen molar-refractivity contribution in [2.45, 2.75) is 0 Å². The summed E-state index contributed by atoms with van der Waals surface area (Å²) >= 11 is 0. The van der Waals surface area contributed by atoms with Gasteiger partial charge >= 0.3 is 13.4 Å². The van der Waals surface area contributed by atoms with Gasteiger partial charge < -0.3 is 10.2 Å². The normalized spacial score (nSPS) is 6.29. The molecular weight excluding hydrogens is 269 g/mol. The first-order chi connectivity index (χ1) is 2.64. The average Bonchev–Trinajstić information content (AvgIpc) is 1.36. The van der Waals surface area contributed by atoms with Gasteiger partial charge in [0.1, 0.15) is 0 Å². The zero-order valence-electron chi connectivity index (χ0n) is 4.16. The Morgan fingerprint density at radius 1 is 1.14 bits per heavy atom. The molecule has 2 N–H and O–H groups in total. The average molecular weight is 272 g/mol. The van der Waals surface area contributed by atoms with Gasteiger partial charge in [-0.25, -0.2) is 9.59 Å². The summed E-state index contributed by atoms with van der Waals surface area (Å²) in [7, 11) is 0. The molecule has 0 aromatic heterocycles. The van der Waals surface area contributed by atoms with E-state index >= 15 is 0 Å². The third-order valence-electron chi connectivity index (χ3n) is 0.183. The fourth-order valence-electron chi connectivity index (χ4n) is 0. The van der Waals surface area contributed by atoms with Crippen LogP contribution in [0.3, 0.4) is 0 Å². The number of carboxylic acids is 2. The fraction of sp³-hybridized carbons (Fsp3) is 0. The maximum atomic E-state index is 9.10. The van der Waals surface area contributed by atoms with Crippen LogP contribution in [0.2, 0.25) is 0 Å². The van der Waals surface area contributed by atoms with Crippen molar-refractivity contribution in [3.05, 3.63) is 0 Å². The first kappa shape index (κ1) is 9.84. The summed E-state index contributed by atoms with van der Waals surface area (Å²) in [6.07, 6.45) is 0. The van der Waals surface area contributed by atoms with Crippen LogP contribution >= 0.6 is 0 Å². The van der Waals surface area contributed by atoms with Gasteiger partial charge in [-0.3, -0.25) is 0 Å². The Kier molecular flexibility index (Phi) is 5.42. The molecule has 0 rings (SSSR count). The van der Waals surface area contributed by atoms with Gasteiger partial charge in [-0.1, -0.05) is 0 Å². The first-order valence-electron chi connectivity index (χ1n) is 1.11. The van der Waals surface area contributed by atoms with E-state index in [4.69, 9.17) is 19.8 Å². The van der Waals surface area contributed by atoms with Gasteiger partial charge in [0.05, 0.1) is 0 Å². The summed E-state index contributed by atoms with van der Waals surface area (Å²) in [5, 5.41) is 14.8. The van der Waals surface area contributed by atoms with Crippen molar-refractivity contribution in [1.29, 1.82) is 0 Å². The van der Waals surface area contributed by atoms with Crippen LogP contribution in [0.15, 0.2) is 0 Å². The minimum Gasteiger partial charge on any atom is -0.473 e. The molecule has 0 saturated carbocycles. The van der Waals surface area contributed by atoms with Crippen molar-refractivity contribution in [3.8, 4) is 0 Å². The summed E-state index contributed by atoms with van der Waals surface area (Å²) < 4.78 is 0. The monoisotopic (exact) mass is 272 g/mol. The predicted octanol–water partition coefficient (Wildman–Crippen LogP) is -0.734. The molecule has 0 aliphatic rings. The van der Waals surface area contributed by atoms with Crippen molar-refractivity contribution < 1.29 is 43.6 Å². The maximum Gasteiger partial charge on any atom is 1.00 e. The largest absolute Gasteiger partial charge is 1.00 e. The van der Waals surface area contributed by atoms with Crippen molar-refractivity contribution in [3.63, 3.8) is 0 Å². The molecule has 0 heterocycles. The van der Waals surface area contributed by atoms with Crippen molar-refractivity contribution in [2.75, 3.05) is 0 Å². The summed E-state index contributed by atoms with van der Waals surface area (Å²) in [4.78, 5) is 18.2. The molecule has 7 heavy (non-hydrogen) atoms. The zero-order chi connectivity index (χ0) is 5.15. The summed E-state index contributed by atoms with van der Waals surface area (Å²) in [6, 6.07) is 0. The van der Waals surface area contributed by atoms with Crippen LogP contribution < -0.4 is 0 Å². The van der Waals surface area contributed by atoms with Gasteiger partial charge in [0, 0.05) is 22.4 Å². The third-order valence-corrected chi connectivity index (χ3v) is 0.183. The van der Waals surface area contributed by atoms with Gasteiger partial charge in [-0.2, -0.15) is 0 Å². The van der Waals surface area contributed by atoms with E-state index in [-0.39, 0.29) is 23.8 Å². The van der Waals surface area contributed by atoms with Gasteiger partial charge in [0.25, 0.3) is 0 Å². The van der Waals surface area contributed by atoms with E-state index in [1.54, 1.807) is 0 Å². The number of aliphatic carboxylic acids is 2. The van der Waals surface area contributed by atoms with Crippen molar-refractivity contribution in [1.82, 2.24) is 0 Å². The number of hydrogen-bond donors (Lipinski definition) is 2. The smallest absolute Gasteiger partial charge is 0.473 e. The Bertz CT molecular complexity index is 80.0. The Morgan fingerprint density at radius 3 is 1.29 bits per heavy atom. The topological polar surface area (TPSA) is 74.6 Å². The molecule has 5 heteroatoms. The maximum absolute atomic E-state index is 9.10. The molecule has 0 unspecified atom stereocenters. The van der Waals surface area contributed by atoms with Crippen molar-refractivity contribution in [2.24, 2.45) is 0 Å². The van der Waals surface area contributed by atoms with Gasteiger partial charge in [-0.05, 0) is 0 Å². The van der Waals surface area contributed by atoms with Crippen LogP contribution in [0, 0.1) is 0 Å². The Balaban J connectivity index is -0.000000125. The zero-order valence-corrected chi connectivity index (χ0v) is 6.37. The minimum atomic E-state index is -1.82. The van der Waals surface area contributed by atoms with E-state index in [9.17, 15) is 0 Å². The van der Waals surface area contributed by atoms with E-state index in [0.717, 1.165) is 0 Å². The molecule has 1 radical (unpaired) electrons. The molecule has 4 nitrogen and oxygen atoms in total. The van der Waals surface area contributed by atoms with E-state index in [2.05, 4.69) is 0 Å². The van der Waals surface area contributed by atoms with Crippen molar-refractivity contribution >= 4 is 11.9 Å². The molecule has 0 spiro atoms. The van der Waals surface area contributed by atoms with Gasteiger partial charge in [0.15, 0.2) is 0 Å². The summed E-state index contributed by atoms with van der Waals surface area (Å²) in [5.41, 5.74) is 0. The molecular formula is C2H3O4Ta+. The third kappa shape index (κ3) is 5.68. The van der Waals surface area contributed by atoms with Gasteiger partial charge in [-0.15, -0.1) is 0 Å². The quantitative estimate of drug-likeness (QED) is 0.570. The van der Waals surface area contributed by atoms with Crippen LogP contribution in [0.5, 0.6) is 0 Å². The van der Waals surface area contributed by atoms with Crippen LogP contribution in [0.1, 0.15) is 1.43 Å². The minimum absolute atomic E-state index is 0. The Morgan fingerprint density at radius 2 is 1.29 bits per heavy atom. The first-order valence-corrected chi connectivity index (χ1v) is 1.11. The molecule has 0 fully saturated rings. The van der Waals surface area contributed by atoms with E-state index in [1.807, 2.05) is 0 Å². The second-order valence-corrected chi connectivity index (χ2v) is 0.610. The summed E-state index contributed by atoms with van der Waals surface area (Å²) in [5.74, 6) is -3.65. The predicted molar refractivity (Wildman–Crippen MR) is 16.4 cm³/mol. The molecule has 0 saturated heterocycles. The Hall–Kier alpha value is -0.320. The van der Waals surface area contributed by atoms with E-state index in [1.165, 1.54) is 0 Å². The molecule has 39 valence electrons. The molecule has 0 aromatic rings. The fourth-order valence-corrected chi connectivity index (χ4v) is 0. The molecule has 0 aliphatic carbocycles. The van der Waals surface area contributed by atoms with Gasteiger partial charge in [0.2, 0.25) is 0 Å². The van der Waals surface area contributed by atoms with Crippen LogP contribution in [0.4, 0.5) is 0 Å². The SMILES string of the molecule is O=C(O)C(=O)O.[H+].[Ta]. The van der Waals surface area contributed by atoms with E-state index < -0.39 is 11.9 Å². The molecule has 0 aromatic carbocycles. The number of carboxylic acid groups (broad SMARTS) is 2. The Labute approximate surface area is 56.1 Å². The standard InChI is InChI=1S/C2H2O4.Ta/c3-1(4)2(5)6;/h(H,3,4)(H,5,6);/p+1. The molecule has 0 atom stereocenters. The number of carbonyl (C=O) groups is 2. The summed E-state index contributed by atoms with van der Waals surface area (Å²) in [6.45, 7) is 0. The second-order valence-electron chi connectivity index (χ2n) is 0.610. The van der Waals surface area contributed by atoms with E-state index in [0.29, 0.717) is 0 Å². The molecule has 0 bridgehead atoms. The number of hydrogen-bond acceptors (Lipinski definition) is 2. The second kappa shape index (κ2) is 3.86. The number of rotatable bonds is 0. The van der Waals surface area contributed by atoms with Crippen LogP contribution in [-0.2, 0) is 32.0 Å². The van der Waals surface area contributed by atoms with Crippen LogP contribution in [-0.4, -0.2) is 22.2 Å². The van der Waals surface area contributed by atoms with Crippen LogP contribution in [0.25, 0.3) is 0 Å². The molecule has 0 amide bonds.